The molecule has 12 heteroatoms. The number of ether oxygens (including phenoxy) is 2. The van der Waals surface area contributed by atoms with Crippen molar-refractivity contribution in [2.45, 2.75) is 27.7 Å². The van der Waals surface area contributed by atoms with E-state index in [1.54, 1.807) is 0 Å². The monoisotopic (exact) mass is 582 g/mol. The van der Waals surface area contributed by atoms with Crippen LogP contribution in [0.1, 0.15) is 48.4 Å². The zero-order valence-corrected chi connectivity index (χ0v) is 25.1. The fourth-order valence-corrected chi connectivity index (χ4v) is 4.65. The SMILES string of the molecule is CCN(CC)CCNC(=O)c1cc(Cl)c(N)c(-c2c(N)c(Cl)cc(C(=O)NCN(CC)CC)c2OC)c1OC. The summed E-state index contributed by atoms with van der Waals surface area (Å²) >= 11 is 13.0. The lowest BCUT2D eigenvalue weighted by Gasteiger charge is -2.23. The third-order valence-electron chi connectivity index (χ3n) is 6.65. The van der Waals surface area contributed by atoms with Crippen LogP contribution in [0.2, 0.25) is 10.0 Å². The molecule has 0 unspecified atom stereocenters. The first-order valence-corrected chi connectivity index (χ1v) is 13.7. The van der Waals surface area contributed by atoms with E-state index >= 15 is 0 Å². The molecule has 0 aliphatic carbocycles. The fourth-order valence-electron chi connectivity index (χ4n) is 4.24. The first kappa shape index (κ1) is 32.3. The number of nitrogens with zero attached hydrogens (tertiary/aromatic N) is 2. The number of hydrogen-bond donors (Lipinski definition) is 4. The molecule has 0 saturated heterocycles. The van der Waals surface area contributed by atoms with Gasteiger partial charge in [0.25, 0.3) is 11.8 Å². The van der Waals surface area contributed by atoms with Gasteiger partial charge in [0.2, 0.25) is 0 Å². The van der Waals surface area contributed by atoms with Gasteiger partial charge in [0.05, 0.1) is 64.6 Å². The summed E-state index contributed by atoms with van der Waals surface area (Å²) in [4.78, 5) is 30.7. The second-order valence-corrected chi connectivity index (χ2v) is 9.52. The molecule has 0 radical (unpaired) electrons. The molecule has 2 aromatic rings. The third kappa shape index (κ3) is 7.39. The Kier molecular flexibility index (Phi) is 12.4. The summed E-state index contributed by atoms with van der Waals surface area (Å²) in [5.74, 6) is -0.581. The van der Waals surface area contributed by atoms with E-state index in [9.17, 15) is 9.59 Å². The smallest absolute Gasteiger partial charge is 0.256 e. The van der Waals surface area contributed by atoms with Crippen LogP contribution in [0.15, 0.2) is 12.1 Å². The summed E-state index contributed by atoms with van der Waals surface area (Å²) in [6.45, 7) is 12.8. The minimum atomic E-state index is -0.421. The Hall–Kier alpha value is -2.92. The van der Waals surface area contributed by atoms with Crippen LogP contribution in [-0.4, -0.2) is 81.8 Å². The Morgan fingerprint density at radius 1 is 0.769 bits per heavy atom. The molecule has 0 aliphatic heterocycles. The number of carbonyl (C=O) groups is 2. The summed E-state index contributed by atoms with van der Waals surface area (Å²) in [6.07, 6.45) is 0. The molecule has 2 amide bonds. The summed E-state index contributed by atoms with van der Waals surface area (Å²) < 4.78 is 11.4. The maximum Gasteiger partial charge on any atom is 0.256 e. The highest BCUT2D eigenvalue weighted by molar-refractivity contribution is 6.36. The number of rotatable bonds is 14. The number of halogens is 2. The number of carbonyl (C=O) groups excluding carboxylic acids is 2. The number of nitrogen functional groups attached to an aromatic ring is 2. The molecular formula is C27H40Cl2N6O4. The predicted octanol–water partition coefficient (Wildman–Crippen LogP) is 3.94. The minimum Gasteiger partial charge on any atom is -0.495 e. The molecular weight excluding hydrogens is 543 g/mol. The lowest BCUT2D eigenvalue weighted by molar-refractivity contribution is 0.0920. The van der Waals surface area contributed by atoms with Crippen LogP contribution in [0.5, 0.6) is 11.5 Å². The van der Waals surface area contributed by atoms with Gasteiger partial charge < -0.3 is 36.5 Å². The topological polar surface area (TPSA) is 135 Å². The van der Waals surface area contributed by atoms with Crippen molar-refractivity contribution in [2.24, 2.45) is 0 Å². The molecule has 0 saturated carbocycles. The van der Waals surface area contributed by atoms with Gasteiger partial charge in [0.1, 0.15) is 11.5 Å². The van der Waals surface area contributed by atoms with E-state index in [1.807, 2.05) is 18.7 Å². The molecule has 2 rings (SSSR count). The molecule has 0 aliphatic rings. The lowest BCUT2D eigenvalue weighted by Crippen LogP contribution is -2.37. The molecule has 39 heavy (non-hydrogen) atoms. The van der Waals surface area contributed by atoms with Crippen molar-refractivity contribution in [2.75, 3.05) is 71.6 Å². The van der Waals surface area contributed by atoms with Gasteiger partial charge in [-0.2, -0.15) is 0 Å². The van der Waals surface area contributed by atoms with Gasteiger partial charge in [0.15, 0.2) is 0 Å². The van der Waals surface area contributed by atoms with Gasteiger partial charge in [-0.05, 0) is 38.3 Å². The number of amides is 2. The van der Waals surface area contributed by atoms with E-state index in [0.29, 0.717) is 19.8 Å². The maximum absolute atomic E-state index is 13.3. The van der Waals surface area contributed by atoms with E-state index in [4.69, 9.17) is 44.1 Å². The van der Waals surface area contributed by atoms with Gasteiger partial charge >= 0.3 is 0 Å². The summed E-state index contributed by atoms with van der Waals surface area (Å²) in [6, 6.07) is 2.88. The molecule has 0 fully saturated rings. The van der Waals surface area contributed by atoms with E-state index in [0.717, 1.165) is 26.2 Å². The average Bonchev–Trinajstić information content (AvgIpc) is 2.93. The van der Waals surface area contributed by atoms with Gasteiger partial charge in [-0.15, -0.1) is 0 Å². The Morgan fingerprint density at radius 3 is 1.56 bits per heavy atom. The van der Waals surface area contributed by atoms with Gasteiger partial charge in [-0.1, -0.05) is 50.9 Å². The van der Waals surface area contributed by atoms with E-state index in [2.05, 4.69) is 29.4 Å². The predicted molar refractivity (Wildman–Crippen MR) is 159 cm³/mol. The molecule has 10 nitrogen and oxygen atoms in total. The standard InChI is InChI=1S/C27H40Cl2N6O4/c1-7-34(8-2)12-11-32-26(36)16-13-18(28)22(30)20(24(16)38-5)21-23(31)19(29)14-17(25(21)39-6)27(37)33-15-35(9-3)10-4/h13-14H,7-12,15,30-31H2,1-6H3,(H,32,36)(H,33,37). The average molecular weight is 584 g/mol. The van der Waals surface area contributed by atoms with Crippen molar-refractivity contribution in [3.63, 3.8) is 0 Å². The molecule has 0 heterocycles. The van der Waals surface area contributed by atoms with Crippen LogP contribution in [0.4, 0.5) is 11.4 Å². The van der Waals surface area contributed by atoms with Crippen LogP contribution in [0, 0.1) is 0 Å². The number of methoxy groups -OCH3 is 2. The third-order valence-corrected chi connectivity index (χ3v) is 7.28. The lowest BCUT2D eigenvalue weighted by atomic mass is 9.94. The highest BCUT2D eigenvalue weighted by atomic mass is 35.5. The van der Waals surface area contributed by atoms with Crippen LogP contribution >= 0.6 is 23.2 Å². The Balaban J connectivity index is 2.67. The molecule has 6 N–H and O–H groups in total. The molecule has 0 bridgehead atoms. The molecule has 2 aromatic carbocycles. The molecule has 0 aromatic heterocycles. The minimum absolute atomic E-state index is 0.0916. The molecule has 0 atom stereocenters. The first-order valence-electron chi connectivity index (χ1n) is 12.9. The van der Waals surface area contributed by atoms with Gasteiger partial charge in [-0.3, -0.25) is 14.5 Å². The number of hydrogen-bond acceptors (Lipinski definition) is 8. The highest BCUT2D eigenvalue weighted by Crippen LogP contribution is 2.50. The second-order valence-electron chi connectivity index (χ2n) is 8.71. The quantitative estimate of drug-likeness (QED) is 0.194. The van der Waals surface area contributed by atoms with Crippen molar-refractivity contribution in [1.82, 2.24) is 20.4 Å². The Labute approximate surface area is 240 Å². The summed E-state index contributed by atoms with van der Waals surface area (Å²) in [5, 5.41) is 5.99. The van der Waals surface area contributed by atoms with Crippen LogP contribution < -0.4 is 31.6 Å². The van der Waals surface area contributed by atoms with Gasteiger partial charge in [0, 0.05) is 13.1 Å². The van der Waals surface area contributed by atoms with E-state index < -0.39 is 11.8 Å². The maximum atomic E-state index is 13.3. The number of anilines is 2. The number of nitrogens with two attached hydrogens (primary N) is 2. The van der Waals surface area contributed by atoms with Crippen molar-refractivity contribution in [3.8, 4) is 22.6 Å². The Morgan fingerprint density at radius 2 is 1.18 bits per heavy atom. The van der Waals surface area contributed by atoms with E-state index in [1.165, 1.54) is 26.4 Å². The number of benzene rings is 2. The normalized spacial score (nSPS) is 11.1. The fraction of sp³-hybridized carbons (Fsp3) is 0.481. The van der Waals surface area contributed by atoms with Crippen molar-refractivity contribution in [1.29, 1.82) is 0 Å². The Bertz CT molecular complexity index is 1170. The number of nitrogens with one attached hydrogen (secondary N) is 2. The van der Waals surface area contributed by atoms with Crippen molar-refractivity contribution < 1.29 is 19.1 Å². The van der Waals surface area contributed by atoms with Crippen LogP contribution in [0.3, 0.4) is 0 Å². The van der Waals surface area contributed by atoms with Crippen molar-refractivity contribution in [3.05, 3.63) is 33.3 Å². The summed E-state index contributed by atoms with van der Waals surface area (Å²) in [5.41, 5.74) is 13.7. The highest BCUT2D eigenvalue weighted by Gasteiger charge is 2.29. The first-order chi connectivity index (χ1) is 18.6. The van der Waals surface area contributed by atoms with Crippen molar-refractivity contribution >= 4 is 46.4 Å². The van der Waals surface area contributed by atoms with Gasteiger partial charge in [-0.25, -0.2) is 0 Å². The van der Waals surface area contributed by atoms with E-state index in [-0.39, 0.29) is 55.2 Å². The largest absolute Gasteiger partial charge is 0.495 e. The zero-order chi connectivity index (χ0) is 29.3. The number of likely N-dealkylation sites (N-methyl/N-ethyl adjacent to an activating group) is 1. The zero-order valence-electron chi connectivity index (χ0n) is 23.5. The molecule has 0 spiro atoms. The van der Waals surface area contributed by atoms with Crippen LogP contribution in [-0.2, 0) is 0 Å². The summed E-state index contributed by atoms with van der Waals surface area (Å²) in [7, 11) is 2.81. The van der Waals surface area contributed by atoms with Crippen LogP contribution in [0.25, 0.3) is 11.1 Å². The second kappa shape index (κ2) is 15.0. The molecule has 216 valence electrons.